The Kier molecular flexibility index (Phi) is 4.52. The molecule has 2 aliphatic heterocycles. The van der Waals surface area contributed by atoms with E-state index in [1.165, 1.54) is 0 Å². The van der Waals surface area contributed by atoms with Crippen molar-refractivity contribution in [3.63, 3.8) is 0 Å². The van der Waals surface area contributed by atoms with Gasteiger partial charge in [0.15, 0.2) is 0 Å². The molecule has 3 amide bonds. The molecule has 2 heterocycles. The fourth-order valence-electron chi connectivity index (χ4n) is 3.41. The molecule has 1 aromatic rings. The number of carbonyl (C=O) groups excluding carboxylic acids is 2. The minimum Gasteiger partial charge on any atom is -0.336 e. The van der Waals surface area contributed by atoms with Crippen LogP contribution in [0.25, 0.3) is 0 Å². The predicted molar refractivity (Wildman–Crippen MR) is 89.5 cm³/mol. The number of carbonyl (C=O) groups is 2. The molecule has 23 heavy (non-hydrogen) atoms. The lowest BCUT2D eigenvalue weighted by Crippen LogP contribution is -2.49. The van der Waals surface area contributed by atoms with Crippen LogP contribution >= 0.6 is 0 Å². The van der Waals surface area contributed by atoms with Crippen molar-refractivity contribution in [3.05, 3.63) is 29.8 Å². The van der Waals surface area contributed by atoms with Crippen LogP contribution in [0.2, 0.25) is 0 Å². The van der Waals surface area contributed by atoms with E-state index in [0.717, 1.165) is 25.1 Å². The zero-order valence-electron chi connectivity index (χ0n) is 13.5. The molecule has 0 radical (unpaired) electrons. The first-order valence-corrected chi connectivity index (χ1v) is 8.26. The van der Waals surface area contributed by atoms with Crippen LogP contribution in [-0.4, -0.2) is 49.1 Å². The summed E-state index contributed by atoms with van der Waals surface area (Å²) in [7, 11) is 0. The van der Waals surface area contributed by atoms with Crippen LogP contribution in [0.1, 0.15) is 30.1 Å². The van der Waals surface area contributed by atoms with E-state index in [-0.39, 0.29) is 18.0 Å². The normalized spacial score (nSPS) is 24.7. The van der Waals surface area contributed by atoms with E-state index >= 15 is 0 Å². The third-order valence-electron chi connectivity index (χ3n) is 4.79. The number of amides is 3. The molecule has 3 rings (SSSR count). The fourth-order valence-corrected chi connectivity index (χ4v) is 3.41. The molecular formula is C17H24N4O2. The summed E-state index contributed by atoms with van der Waals surface area (Å²) in [6.45, 7) is 4.79. The molecule has 6 heteroatoms. The Balaban J connectivity index is 1.73. The van der Waals surface area contributed by atoms with Crippen LogP contribution in [0, 0.1) is 5.92 Å². The highest BCUT2D eigenvalue weighted by atomic mass is 16.2. The number of benzene rings is 1. The number of piperidine rings is 1. The summed E-state index contributed by atoms with van der Waals surface area (Å²) in [5, 5.41) is 2.77. The van der Waals surface area contributed by atoms with E-state index < -0.39 is 0 Å². The van der Waals surface area contributed by atoms with E-state index in [9.17, 15) is 9.59 Å². The fraction of sp³-hybridized carbons (Fsp3) is 0.529. The summed E-state index contributed by atoms with van der Waals surface area (Å²) in [6, 6.07) is 7.31. The number of urea groups is 1. The Hall–Kier alpha value is -2.08. The first kappa shape index (κ1) is 15.8. The van der Waals surface area contributed by atoms with Crippen molar-refractivity contribution in [1.29, 1.82) is 0 Å². The maximum atomic E-state index is 12.8. The van der Waals surface area contributed by atoms with Crippen molar-refractivity contribution in [3.8, 4) is 0 Å². The molecule has 2 fully saturated rings. The van der Waals surface area contributed by atoms with E-state index in [2.05, 4.69) is 12.2 Å². The second-order valence-corrected chi connectivity index (χ2v) is 6.45. The molecule has 0 spiro atoms. The highest BCUT2D eigenvalue weighted by Gasteiger charge is 2.29. The first-order chi connectivity index (χ1) is 11.1. The Labute approximate surface area is 136 Å². The monoisotopic (exact) mass is 316 g/mol. The molecule has 0 saturated carbocycles. The van der Waals surface area contributed by atoms with Crippen LogP contribution < -0.4 is 16.0 Å². The second kappa shape index (κ2) is 6.58. The molecule has 0 bridgehead atoms. The Morgan fingerprint density at radius 1 is 1.30 bits per heavy atom. The van der Waals surface area contributed by atoms with Gasteiger partial charge in [-0.2, -0.15) is 0 Å². The molecule has 2 atom stereocenters. The summed E-state index contributed by atoms with van der Waals surface area (Å²) in [6.07, 6.45) is 1.99. The third kappa shape index (κ3) is 3.17. The topological polar surface area (TPSA) is 78.7 Å². The number of hydrogen-bond acceptors (Lipinski definition) is 3. The summed E-state index contributed by atoms with van der Waals surface area (Å²) >= 11 is 0. The van der Waals surface area contributed by atoms with Gasteiger partial charge in [0.2, 0.25) is 0 Å². The summed E-state index contributed by atoms with van der Waals surface area (Å²) in [5.74, 6) is 0.647. The van der Waals surface area contributed by atoms with Gasteiger partial charge >= 0.3 is 6.03 Å². The molecule has 2 saturated heterocycles. The minimum absolute atomic E-state index is 0.0322. The van der Waals surface area contributed by atoms with Gasteiger partial charge in [-0.25, -0.2) is 4.79 Å². The SMILES string of the molecule is CC1CCN(C(=O)c2ccc(N3CCNC3=O)cc2)C(CN)C1. The predicted octanol–water partition coefficient (Wildman–Crippen LogP) is 1.42. The quantitative estimate of drug-likeness (QED) is 0.885. The number of nitrogens with one attached hydrogen (secondary N) is 1. The van der Waals surface area contributed by atoms with Gasteiger partial charge in [0, 0.05) is 43.5 Å². The molecule has 0 aliphatic carbocycles. The lowest BCUT2D eigenvalue weighted by molar-refractivity contribution is 0.0573. The van der Waals surface area contributed by atoms with E-state index in [1.807, 2.05) is 17.0 Å². The highest BCUT2D eigenvalue weighted by Crippen LogP contribution is 2.24. The van der Waals surface area contributed by atoms with Crippen LogP contribution in [-0.2, 0) is 0 Å². The number of anilines is 1. The minimum atomic E-state index is -0.0858. The molecule has 3 N–H and O–H groups in total. The number of hydrogen-bond donors (Lipinski definition) is 2. The van der Waals surface area contributed by atoms with Gasteiger partial charge in [0.05, 0.1) is 0 Å². The van der Waals surface area contributed by atoms with Crippen LogP contribution in [0.4, 0.5) is 10.5 Å². The van der Waals surface area contributed by atoms with Crippen LogP contribution in [0.5, 0.6) is 0 Å². The molecule has 6 nitrogen and oxygen atoms in total. The van der Waals surface area contributed by atoms with Crippen LogP contribution in [0.15, 0.2) is 24.3 Å². The zero-order chi connectivity index (χ0) is 16.4. The highest BCUT2D eigenvalue weighted by molar-refractivity contribution is 5.97. The molecule has 2 aliphatic rings. The van der Waals surface area contributed by atoms with Crippen molar-refractivity contribution in [2.75, 3.05) is 31.1 Å². The molecule has 1 aromatic carbocycles. The molecule has 124 valence electrons. The summed E-state index contributed by atoms with van der Waals surface area (Å²) < 4.78 is 0. The number of rotatable bonds is 3. The van der Waals surface area contributed by atoms with Gasteiger partial charge < -0.3 is 16.0 Å². The van der Waals surface area contributed by atoms with Crippen molar-refractivity contribution in [1.82, 2.24) is 10.2 Å². The van der Waals surface area contributed by atoms with Crippen molar-refractivity contribution in [2.45, 2.75) is 25.8 Å². The molecule has 0 aromatic heterocycles. The number of nitrogens with zero attached hydrogens (tertiary/aromatic N) is 2. The maximum Gasteiger partial charge on any atom is 0.321 e. The van der Waals surface area contributed by atoms with Crippen LogP contribution in [0.3, 0.4) is 0 Å². The Bertz CT molecular complexity index is 587. The van der Waals surface area contributed by atoms with Gasteiger partial charge in [0.1, 0.15) is 0 Å². The van der Waals surface area contributed by atoms with E-state index in [0.29, 0.717) is 31.1 Å². The average Bonchev–Trinajstić information content (AvgIpc) is 3.00. The second-order valence-electron chi connectivity index (χ2n) is 6.45. The molecular weight excluding hydrogens is 292 g/mol. The van der Waals surface area contributed by atoms with Gasteiger partial charge in [-0.15, -0.1) is 0 Å². The zero-order valence-corrected chi connectivity index (χ0v) is 13.5. The Morgan fingerprint density at radius 2 is 2.04 bits per heavy atom. The third-order valence-corrected chi connectivity index (χ3v) is 4.79. The summed E-state index contributed by atoms with van der Waals surface area (Å²) in [4.78, 5) is 28.0. The van der Waals surface area contributed by atoms with Crippen molar-refractivity contribution >= 4 is 17.6 Å². The lowest BCUT2D eigenvalue weighted by atomic mass is 9.92. The van der Waals surface area contributed by atoms with Gasteiger partial charge in [-0.3, -0.25) is 9.69 Å². The Morgan fingerprint density at radius 3 is 2.65 bits per heavy atom. The number of nitrogens with two attached hydrogens (primary N) is 1. The standard InChI is InChI=1S/C17H24N4O2/c1-12-6-8-20(15(10-12)11-18)16(22)13-2-4-14(5-3-13)21-9-7-19-17(21)23/h2-5,12,15H,6-11,18H2,1H3,(H,19,23). The van der Waals surface area contributed by atoms with Crippen molar-refractivity contribution in [2.24, 2.45) is 11.7 Å². The molecule has 2 unspecified atom stereocenters. The lowest BCUT2D eigenvalue weighted by Gasteiger charge is -2.38. The smallest absolute Gasteiger partial charge is 0.321 e. The first-order valence-electron chi connectivity index (χ1n) is 8.26. The van der Waals surface area contributed by atoms with E-state index in [1.54, 1.807) is 17.0 Å². The van der Waals surface area contributed by atoms with Crippen molar-refractivity contribution < 1.29 is 9.59 Å². The van der Waals surface area contributed by atoms with Gasteiger partial charge in [-0.05, 0) is 43.0 Å². The maximum absolute atomic E-state index is 12.8. The van der Waals surface area contributed by atoms with E-state index in [4.69, 9.17) is 5.73 Å². The van der Waals surface area contributed by atoms with Gasteiger partial charge in [0.25, 0.3) is 5.91 Å². The average molecular weight is 316 g/mol. The number of likely N-dealkylation sites (tertiary alicyclic amines) is 1. The largest absolute Gasteiger partial charge is 0.336 e. The van der Waals surface area contributed by atoms with Gasteiger partial charge in [-0.1, -0.05) is 6.92 Å². The summed E-state index contributed by atoms with van der Waals surface area (Å²) in [5.41, 5.74) is 7.32.